The van der Waals surface area contributed by atoms with E-state index in [0.717, 1.165) is 17.3 Å². The number of hydrogen-bond donors (Lipinski definition) is 2. The minimum absolute atomic E-state index is 0.117. The van der Waals surface area contributed by atoms with Crippen LogP contribution in [-0.4, -0.2) is 29.9 Å². The molecule has 2 N–H and O–H groups in total. The van der Waals surface area contributed by atoms with Crippen molar-refractivity contribution in [2.24, 2.45) is 0 Å². The maximum atomic E-state index is 14.4. The van der Waals surface area contributed by atoms with Crippen molar-refractivity contribution in [2.75, 3.05) is 5.32 Å². The van der Waals surface area contributed by atoms with E-state index in [1.165, 1.54) is 6.07 Å². The van der Waals surface area contributed by atoms with Crippen LogP contribution in [0.25, 0.3) is 10.9 Å². The number of amides is 1. The fraction of sp³-hybridized carbons (Fsp3) is 0.448. The van der Waals surface area contributed by atoms with Gasteiger partial charge >= 0.3 is 18.1 Å². The second-order valence-electron chi connectivity index (χ2n) is 11.1. The van der Waals surface area contributed by atoms with Crippen LogP contribution < -0.4 is 9.74 Å². The maximum absolute atomic E-state index is 14.4. The van der Waals surface area contributed by atoms with E-state index in [0.29, 0.717) is 22.2 Å². The molecule has 0 saturated heterocycles. The first-order chi connectivity index (χ1) is 18.0. The molecule has 0 aliphatic heterocycles. The van der Waals surface area contributed by atoms with Crippen LogP contribution in [0.1, 0.15) is 63.9 Å². The van der Waals surface area contributed by atoms with Crippen molar-refractivity contribution in [3.8, 4) is 5.75 Å². The van der Waals surface area contributed by atoms with Gasteiger partial charge in [0.2, 0.25) is 0 Å². The van der Waals surface area contributed by atoms with Gasteiger partial charge in [-0.15, -0.1) is 0 Å². The molecule has 6 nitrogen and oxygen atoms in total. The summed E-state index contributed by atoms with van der Waals surface area (Å²) in [5.41, 5.74) is 2.62. The van der Waals surface area contributed by atoms with Crippen molar-refractivity contribution >= 4 is 36.8 Å². The lowest BCUT2D eigenvalue weighted by molar-refractivity contribution is -0.147. The van der Waals surface area contributed by atoms with Gasteiger partial charge in [0, 0.05) is 17.6 Å². The van der Waals surface area contributed by atoms with Gasteiger partial charge in [-0.3, -0.25) is 4.79 Å². The lowest BCUT2D eigenvalue weighted by atomic mass is 10.1. The van der Waals surface area contributed by atoms with E-state index in [1.807, 2.05) is 60.0 Å². The molecule has 39 heavy (non-hydrogen) atoms. The topological polar surface area (TPSA) is 80.6 Å². The van der Waals surface area contributed by atoms with Crippen molar-refractivity contribution in [2.45, 2.75) is 84.7 Å². The number of aliphatic carboxylic acids is 1. The fourth-order valence-electron chi connectivity index (χ4n) is 5.89. The van der Waals surface area contributed by atoms with Crippen LogP contribution >= 0.6 is 0 Å². The molecule has 0 atom stereocenters. The van der Waals surface area contributed by atoms with Crippen molar-refractivity contribution < 1.29 is 32.3 Å². The monoisotopic (exact) mass is 562 g/mol. The number of anilines is 1. The molecule has 0 bridgehead atoms. The number of nitrogens with one attached hydrogen (secondary N) is 1. The van der Waals surface area contributed by atoms with Gasteiger partial charge in [0.15, 0.2) is 0 Å². The molecule has 0 radical (unpaired) electrons. The second kappa shape index (κ2) is 11.1. The summed E-state index contributed by atoms with van der Waals surface area (Å²) in [5, 5.41) is 12.0. The highest BCUT2D eigenvalue weighted by atomic mass is 28.4. The van der Waals surface area contributed by atoms with Gasteiger partial charge in [-0.05, 0) is 65.9 Å². The maximum Gasteiger partial charge on any atom is 0.419 e. The minimum Gasteiger partial charge on any atom is -0.542 e. The van der Waals surface area contributed by atoms with E-state index in [-0.39, 0.29) is 28.9 Å². The number of carbonyl (C=O) groups excluding carboxylic acids is 1. The van der Waals surface area contributed by atoms with Gasteiger partial charge < -0.3 is 19.4 Å². The number of fused-ring (bicyclic) bond motifs is 1. The number of alkyl halides is 3. The standard InChI is InChI=1S/C29H37F3N2O4Si/c1-16(2)39(17(3)4,18(5)6)38-25-12-10-21(14-23(25)29(30,31)32)15-34-20(8)13-22-24(33-27(35)28(36)37)11-9-19(7)26(22)34/h9-14,16-18H,15H2,1-8H3,(H,33,35)(H,36,37). The van der Waals surface area contributed by atoms with Crippen LogP contribution in [0.4, 0.5) is 18.9 Å². The first kappa shape index (κ1) is 30.3. The number of carbonyl (C=O) groups is 2. The Morgan fingerprint density at radius 3 is 2.08 bits per heavy atom. The minimum atomic E-state index is -4.60. The molecule has 3 rings (SSSR count). The molecule has 10 heteroatoms. The zero-order chi connectivity index (χ0) is 29.4. The Hall–Kier alpha value is -3.27. The SMILES string of the molecule is Cc1ccc(NC(=O)C(=O)O)c2cc(C)n(Cc3ccc(O[Si](C(C)C)(C(C)C)C(C)C)c(C(F)(F)F)c3)c12. The Bertz CT molecular complexity index is 1370. The van der Waals surface area contributed by atoms with Gasteiger partial charge in [-0.1, -0.05) is 53.7 Å². The summed E-state index contributed by atoms with van der Waals surface area (Å²) in [6, 6.07) is 9.41. The fourth-order valence-corrected chi connectivity index (χ4v) is 11.2. The number of carboxylic acid groups (broad SMARTS) is 1. The van der Waals surface area contributed by atoms with E-state index in [2.05, 4.69) is 5.32 Å². The Balaban J connectivity index is 2.10. The zero-order valence-electron chi connectivity index (χ0n) is 23.7. The van der Waals surface area contributed by atoms with Crippen molar-refractivity contribution in [3.63, 3.8) is 0 Å². The molecule has 212 valence electrons. The van der Waals surface area contributed by atoms with Gasteiger partial charge in [0.1, 0.15) is 5.75 Å². The number of aryl methyl sites for hydroxylation is 2. The van der Waals surface area contributed by atoms with Gasteiger partial charge in [0.05, 0.1) is 16.8 Å². The highest BCUT2D eigenvalue weighted by molar-refractivity contribution is 6.78. The number of aromatic nitrogens is 1. The van der Waals surface area contributed by atoms with Crippen molar-refractivity contribution in [3.05, 3.63) is 58.8 Å². The number of nitrogens with zero attached hydrogens (tertiary/aromatic N) is 1. The van der Waals surface area contributed by atoms with E-state index in [9.17, 15) is 22.8 Å². The summed E-state index contributed by atoms with van der Waals surface area (Å²) < 4.78 is 51.4. The average Bonchev–Trinajstić information content (AvgIpc) is 3.15. The lowest BCUT2D eigenvalue weighted by Crippen LogP contribution is -2.51. The normalized spacial score (nSPS) is 12.6. The van der Waals surface area contributed by atoms with Gasteiger partial charge in [0.25, 0.3) is 8.32 Å². The van der Waals surface area contributed by atoms with E-state index in [1.54, 1.807) is 24.3 Å². The molecule has 0 aliphatic rings. The summed E-state index contributed by atoms with van der Waals surface area (Å²) in [7, 11) is -2.62. The molecule has 0 unspecified atom stereocenters. The first-order valence-electron chi connectivity index (χ1n) is 13.0. The van der Waals surface area contributed by atoms with Crippen LogP contribution in [0.15, 0.2) is 36.4 Å². The van der Waals surface area contributed by atoms with Crippen molar-refractivity contribution in [1.82, 2.24) is 4.57 Å². The molecular formula is C29H37F3N2O4Si. The molecule has 2 aromatic carbocycles. The lowest BCUT2D eigenvalue weighted by Gasteiger charge is -2.42. The Kier molecular flexibility index (Phi) is 8.59. The highest BCUT2D eigenvalue weighted by Gasteiger charge is 2.48. The molecule has 0 saturated carbocycles. The van der Waals surface area contributed by atoms with Crippen LogP contribution in [0.5, 0.6) is 5.75 Å². The Morgan fingerprint density at radius 2 is 1.56 bits per heavy atom. The second-order valence-corrected chi connectivity index (χ2v) is 16.4. The van der Waals surface area contributed by atoms with Crippen LogP contribution in [0, 0.1) is 13.8 Å². The summed E-state index contributed by atoms with van der Waals surface area (Å²) in [5.74, 6) is -2.90. The van der Waals surface area contributed by atoms with E-state index in [4.69, 9.17) is 9.53 Å². The highest BCUT2D eigenvalue weighted by Crippen LogP contribution is 2.46. The molecular weight excluding hydrogens is 525 g/mol. The van der Waals surface area contributed by atoms with Crippen LogP contribution in [-0.2, 0) is 22.3 Å². The summed E-state index contributed by atoms with van der Waals surface area (Å²) in [6.07, 6.45) is -4.60. The summed E-state index contributed by atoms with van der Waals surface area (Å²) >= 11 is 0. The van der Waals surface area contributed by atoms with E-state index < -0.39 is 31.9 Å². The van der Waals surface area contributed by atoms with Crippen LogP contribution in [0.2, 0.25) is 16.6 Å². The number of carboxylic acids is 1. The van der Waals surface area contributed by atoms with Gasteiger partial charge in [-0.25, -0.2) is 4.79 Å². The number of benzene rings is 2. The number of halogens is 3. The molecule has 0 spiro atoms. The molecule has 0 aliphatic carbocycles. The largest absolute Gasteiger partial charge is 0.542 e. The number of hydrogen-bond acceptors (Lipinski definition) is 3. The number of rotatable bonds is 8. The third-order valence-electron chi connectivity index (χ3n) is 7.59. The van der Waals surface area contributed by atoms with E-state index >= 15 is 0 Å². The smallest absolute Gasteiger partial charge is 0.419 e. The molecule has 1 aromatic heterocycles. The Labute approximate surface area is 228 Å². The third kappa shape index (κ3) is 5.85. The first-order valence-corrected chi connectivity index (χ1v) is 15.2. The molecule has 1 amide bonds. The summed E-state index contributed by atoms with van der Waals surface area (Å²) in [4.78, 5) is 22.8. The molecule has 1 heterocycles. The molecule has 3 aromatic rings. The predicted molar refractivity (Wildman–Crippen MR) is 150 cm³/mol. The quantitative estimate of drug-likeness (QED) is 0.216. The van der Waals surface area contributed by atoms with Crippen molar-refractivity contribution in [1.29, 1.82) is 0 Å². The molecule has 0 fully saturated rings. The average molecular weight is 563 g/mol. The predicted octanol–water partition coefficient (Wildman–Crippen LogP) is 7.90. The Morgan fingerprint density at radius 1 is 0.974 bits per heavy atom. The van der Waals surface area contributed by atoms with Gasteiger partial charge in [-0.2, -0.15) is 13.2 Å². The third-order valence-corrected chi connectivity index (χ3v) is 13.6. The zero-order valence-corrected chi connectivity index (χ0v) is 24.7. The summed E-state index contributed by atoms with van der Waals surface area (Å²) in [6.45, 7) is 16.0. The van der Waals surface area contributed by atoms with Crippen LogP contribution in [0.3, 0.4) is 0 Å².